The Balaban J connectivity index is 1.56. The zero-order valence-corrected chi connectivity index (χ0v) is 15.4. The van der Waals surface area contributed by atoms with Crippen LogP contribution in [0.5, 0.6) is 11.5 Å². The van der Waals surface area contributed by atoms with E-state index in [9.17, 15) is 9.59 Å². The van der Waals surface area contributed by atoms with Crippen LogP contribution < -0.4 is 9.47 Å². The number of hydrogen-bond donors (Lipinski definition) is 0. The van der Waals surface area contributed by atoms with E-state index in [1.807, 2.05) is 18.2 Å². The minimum absolute atomic E-state index is 0.146. The molecule has 0 radical (unpaired) electrons. The highest BCUT2D eigenvalue weighted by molar-refractivity contribution is 6.33. The van der Waals surface area contributed by atoms with Crippen LogP contribution in [0.3, 0.4) is 0 Å². The molecule has 2 amide bonds. The number of fused-ring (bicyclic) bond motifs is 2. The Morgan fingerprint density at radius 1 is 0.931 bits per heavy atom. The first-order valence-corrected chi connectivity index (χ1v) is 9.16. The molecule has 0 fully saturated rings. The van der Waals surface area contributed by atoms with Gasteiger partial charge in [-0.2, -0.15) is 0 Å². The van der Waals surface area contributed by atoms with Crippen molar-refractivity contribution in [1.29, 1.82) is 0 Å². The summed E-state index contributed by atoms with van der Waals surface area (Å²) in [5.41, 5.74) is 3.18. The topological polar surface area (TPSA) is 68.7 Å². The number of imide groups is 1. The summed E-state index contributed by atoms with van der Waals surface area (Å²) >= 11 is 0. The molecule has 3 heterocycles. The fourth-order valence-electron chi connectivity index (χ4n) is 3.54. The number of hydrogen-bond acceptors (Lipinski definition) is 5. The highest BCUT2D eigenvalue weighted by Gasteiger charge is 2.34. The average Bonchev–Trinajstić information content (AvgIpc) is 3.23. The van der Waals surface area contributed by atoms with Crippen LogP contribution in [0.25, 0.3) is 11.6 Å². The van der Waals surface area contributed by atoms with Crippen molar-refractivity contribution in [2.45, 2.75) is 6.54 Å². The number of aromatic nitrogens is 1. The van der Waals surface area contributed by atoms with Crippen molar-refractivity contribution in [3.8, 4) is 11.5 Å². The Bertz CT molecular complexity index is 1150. The molecule has 0 aliphatic carbocycles. The molecule has 6 heteroatoms. The van der Waals surface area contributed by atoms with Crippen LogP contribution in [0.1, 0.15) is 27.0 Å². The van der Waals surface area contributed by atoms with Gasteiger partial charge in [0.05, 0.1) is 6.54 Å². The predicted molar refractivity (Wildman–Crippen MR) is 106 cm³/mol. The van der Waals surface area contributed by atoms with Gasteiger partial charge in [0.15, 0.2) is 11.5 Å². The standard InChI is InChI=1S/C23H16N2O4/c26-22-18-6-2-1-5-17(18)19(10-15-4-3-9-24-12-15)23(27)25(22)13-16-7-8-20-21(11-16)29-14-28-20/h1-12H,13-14H2. The molecular weight excluding hydrogens is 368 g/mol. The van der Waals surface area contributed by atoms with Gasteiger partial charge < -0.3 is 9.47 Å². The summed E-state index contributed by atoms with van der Waals surface area (Å²) in [7, 11) is 0. The van der Waals surface area contributed by atoms with Gasteiger partial charge in [0.1, 0.15) is 0 Å². The van der Waals surface area contributed by atoms with Crippen LogP contribution in [-0.2, 0) is 11.3 Å². The molecule has 0 spiro atoms. The molecule has 0 bridgehead atoms. The zero-order chi connectivity index (χ0) is 19.8. The Hall–Kier alpha value is -3.93. The van der Waals surface area contributed by atoms with Crippen LogP contribution in [0.4, 0.5) is 0 Å². The van der Waals surface area contributed by atoms with Gasteiger partial charge in [-0.3, -0.25) is 19.5 Å². The van der Waals surface area contributed by atoms with Gasteiger partial charge >= 0.3 is 0 Å². The fraction of sp³-hybridized carbons (Fsp3) is 0.0870. The van der Waals surface area contributed by atoms with Crippen molar-refractivity contribution >= 4 is 23.5 Å². The number of carbonyl (C=O) groups is 2. The molecule has 2 aliphatic rings. The van der Waals surface area contributed by atoms with Crippen molar-refractivity contribution in [3.63, 3.8) is 0 Å². The van der Waals surface area contributed by atoms with E-state index < -0.39 is 0 Å². The van der Waals surface area contributed by atoms with E-state index >= 15 is 0 Å². The van der Waals surface area contributed by atoms with E-state index in [0.29, 0.717) is 28.2 Å². The molecule has 2 aliphatic heterocycles. The van der Waals surface area contributed by atoms with E-state index in [4.69, 9.17) is 9.47 Å². The molecule has 0 atom stereocenters. The van der Waals surface area contributed by atoms with E-state index in [1.54, 1.807) is 54.9 Å². The third-order valence-corrected chi connectivity index (χ3v) is 4.94. The smallest absolute Gasteiger partial charge is 0.261 e. The second-order valence-corrected chi connectivity index (χ2v) is 6.77. The number of benzene rings is 2. The molecule has 0 unspecified atom stereocenters. The number of ether oxygens (including phenoxy) is 2. The molecule has 3 aromatic rings. The maximum atomic E-state index is 13.3. The van der Waals surface area contributed by atoms with Crippen molar-refractivity contribution < 1.29 is 19.1 Å². The van der Waals surface area contributed by atoms with Gasteiger partial charge in [0, 0.05) is 23.5 Å². The highest BCUT2D eigenvalue weighted by Crippen LogP contribution is 2.35. The van der Waals surface area contributed by atoms with Crippen molar-refractivity contribution in [2.75, 3.05) is 6.79 Å². The Labute approximate surface area is 167 Å². The van der Waals surface area contributed by atoms with E-state index in [1.165, 1.54) is 4.90 Å². The zero-order valence-electron chi connectivity index (χ0n) is 15.4. The maximum Gasteiger partial charge on any atom is 0.261 e. The predicted octanol–water partition coefficient (Wildman–Crippen LogP) is 3.53. The van der Waals surface area contributed by atoms with Crippen molar-refractivity contribution in [2.24, 2.45) is 0 Å². The summed E-state index contributed by atoms with van der Waals surface area (Å²) in [4.78, 5) is 31.7. The first-order valence-electron chi connectivity index (χ1n) is 9.16. The van der Waals surface area contributed by atoms with Gasteiger partial charge in [-0.25, -0.2) is 0 Å². The van der Waals surface area contributed by atoms with Crippen LogP contribution in [-0.4, -0.2) is 28.5 Å². The number of amides is 2. The second kappa shape index (κ2) is 6.91. The maximum absolute atomic E-state index is 13.3. The molecule has 1 aromatic heterocycles. The number of nitrogens with zero attached hydrogens (tertiary/aromatic N) is 2. The van der Waals surface area contributed by atoms with Crippen LogP contribution >= 0.6 is 0 Å². The minimum atomic E-state index is -0.338. The monoisotopic (exact) mass is 384 g/mol. The lowest BCUT2D eigenvalue weighted by Gasteiger charge is -2.28. The lowest BCUT2D eigenvalue weighted by atomic mass is 9.92. The highest BCUT2D eigenvalue weighted by atomic mass is 16.7. The first kappa shape index (κ1) is 17.2. The Morgan fingerprint density at radius 3 is 2.59 bits per heavy atom. The summed E-state index contributed by atoms with van der Waals surface area (Å²) < 4.78 is 10.7. The molecular formula is C23H16N2O4. The molecule has 142 valence electrons. The molecule has 2 aromatic carbocycles. The van der Waals surface area contributed by atoms with Gasteiger partial charge in [-0.05, 0) is 47.0 Å². The van der Waals surface area contributed by atoms with E-state index in [0.717, 1.165) is 11.1 Å². The molecule has 0 saturated carbocycles. The van der Waals surface area contributed by atoms with Gasteiger partial charge in [-0.1, -0.05) is 30.3 Å². The SMILES string of the molecule is O=C1C(=Cc2cccnc2)c2ccccc2C(=O)N1Cc1ccc2c(c1)OCO2. The van der Waals surface area contributed by atoms with Gasteiger partial charge in [0.25, 0.3) is 11.8 Å². The third kappa shape index (κ3) is 3.04. The largest absolute Gasteiger partial charge is 0.454 e. The number of carbonyl (C=O) groups excluding carboxylic acids is 2. The normalized spacial score (nSPS) is 16.3. The molecule has 0 saturated heterocycles. The average molecular weight is 384 g/mol. The summed E-state index contributed by atoms with van der Waals surface area (Å²) in [5, 5.41) is 0. The molecule has 29 heavy (non-hydrogen) atoms. The van der Waals surface area contributed by atoms with Crippen LogP contribution in [0.2, 0.25) is 0 Å². The summed E-state index contributed by atoms with van der Waals surface area (Å²) in [6.45, 7) is 0.318. The lowest BCUT2D eigenvalue weighted by molar-refractivity contribution is -0.123. The lowest BCUT2D eigenvalue weighted by Crippen LogP contribution is -2.41. The molecule has 5 rings (SSSR count). The summed E-state index contributed by atoms with van der Waals surface area (Å²) in [6, 6.07) is 16.3. The number of rotatable bonds is 3. The van der Waals surface area contributed by atoms with Gasteiger partial charge in [-0.15, -0.1) is 0 Å². The van der Waals surface area contributed by atoms with E-state index in [-0.39, 0.29) is 25.2 Å². The Kier molecular flexibility index (Phi) is 4.09. The molecule has 6 nitrogen and oxygen atoms in total. The Morgan fingerprint density at radius 2 is 1.76 bits per heavy atom. The second-order valence-electron chi connectivity index (χ2n) is 6.77. The van der Waals surface area contributed by atoms with Gasteiger partial charge in [0.2, 0.25) is 6.79 Å². The fourth-order valence-corrected chi connectivity index (χ4v) is 3.54. The van der Waals surface area contributed by atoms with Crippen LogP contribution in [0, 0.1) is 0 Å². The summed E-state index contributed by atoms with van der Waals surface area (Å²) in [6.07, 6.45) is 5.13. The van der Waals surface area contributed by atoms with Crippen molar-refractivity contribution in [1.82, 2.24) is 9.88 Å². The first-order chi connectivity index (χ1) is 14.2. The van der Waals surface area contributed by atoms with Crippen molar-refractivity contribution in [3.05, 3.63) is 89.2 Å². The van der Waals surface area contributed by atoms with E-state index in [2.05, 4.69) is 4.98 Å². The third-order valence-electron chi connectivity index (χ3n) is 4.94. The summed E-state index contributed by atoms with van der Waals surface area (Å²) in [5.74, 6) is 0.625. The minimum Gasteiger partial charge on any atom is -0.454 e. The quantitative estimate of drug-likeness (QED) is 0.510. The molecule has 0 N–H and O–H groups in total. The number of pyridine rings is 1. The van der Waals surface area contributed by atoms with Crippen LogP contribution in [0.15, 0.2) is 67.0 Å².